The molecule has 1 fully saturated rings. The summed E-state index contributed by atoms with van der Waals surface area (Å²) in [6, 6.07) is 7.11. The van der Waals surface area contributed by atoms with E-state index in [4.69, 9.17) is 16.3 Å². The van der Waals surface area contributed by atoms with Gasteiger partial charge in [-0.25, -0.2) is 0 Å². The van der Waals surface area contributed by atoms with Gasteiger partial charge in [0.15, 0.2) is 6.10 Å². The van der Waals surface area contributed by atoms with Gasteiger partial charge in [0.25, 0.3) is 5.91 Å². The number of carbonyl (C=O) groups is 1. The molecule has 1 aliphatic rings. The fourth-order valence-electron chi connectivity index (χ4n) is 2.58. The summed E-state index contributed by atoms with van der Waals surface area (Å²) in [5, 5.41) is 3.60. The second-order valence-electron chi connectivity index (χ2n) is 5.47. The lowest BCUT2D eigenvalue weighted by Gasteiger charge is -2.23. The van der Waals surface area contributed by atoms with E-state index in [1.807, 2.05) is 6.07 Å². The van der Waals surface area contributed by atoms with Crippen molar-refractivity contribution >= 4 is 17.5 Å². The summed E-state index contributed by atoms with van der Waals surface area (Å²) < 4.78 is 5.60. The first kappa shape index (κ1) is 15.2. The molecule has 1 N–H and O–H groups in total. The molecule has 4 heteroatoms. The van der Waals surface area contributed by atoms with Crippen LogP contribution in [0.1, 0.15) is 39.0 Å². The zero-order valence-corrected chi connectivity index (χ0v) is 12.7. The molecule has 0 aromatic heterocycles. The first-order valence-corrected chi connectivity index (χ1v) is 7.73. The quantitative estimate of drug-likeness (QED) is 0.897. The van der Waals surface area contributed by atoms with Crippen molar-refractivity contribution in [3.8, 4) is 5.75 Å². The highest BCUT2D eigenvalue weighted by molar-refractivity contribution is 6.30. The number of amides is 1. The van der Waals surface area contributed by atoms with Gasteiger partial charge >= 0.3 is 0 Å². The van der Waals surface area contributed by atoms with Crippen LogP contribution in [0.4, 0.5) is 0 Å². The fraction of sp³-hybridized carbons (Fsp3) is 0.562. The monoisotopic (exact) mass is 295 g/mol. The zero-order valence-electron chi connectivity index (χ0n) is 11.9. The highest BCUT2D eigenvalue weighted by Crippen LogP contribution is 2.23. The molecular formula is C16H22ClNO2. The maximum atomic E-state index is 12.0. The zero-order chi connectivity index (χ0) is 14.4. The van der Waals surface area contributed by atoms with Gasteiger partial charge in [0, 0.05) is 11.6 Å². The van der Waals surface area contributed by atoms with Gasteiger partial charge in [0.2, 0.25) is 0 Å². The molecule has 110 valence electrons. The van der Waals surface area contributed by atoms with Crippen LogP contribution in [0.3, 0.4) is 0 Å². The molecule has 20 heavy (non-hydrogen) atoms. The number of ether oxygens (including phenoxy) is 1. The largest absolute Gasteiger partial charge is 0.481 e. The Morgan fingerprint density at radius 3 is 2.85 bits per heavy atom. The predicted octanol–water partition coefficient (Wildman–Crippen LogP) is 3.80. The number of carbonyl (C=O) groups excluding carboxylic acids is 1. The highest BCUT2D eigenvalue weighted by atomic mass is 35.5. The number of rotatable bonds is 5. The average molecular weight is 296 g/mol. The Labute approximate surface area is 125 Å². The molecule has 2 rings (SSSR count). The van der Waals surface area contributed by atoms with Gasteiger partial charge < -0.3 is 10.1 Å². The van der Waals surface area contributed by atoms with E-state index in [-0.39, 0.29) is 5.91 Å². The van der Waals surface area contributed by atoms with Crippen LogP contribution in [-0.2, 0) is 4.79 Å². The summed E-state index contributed by atoms with van der Waals surface area (Å²) in [4.78, 5) is 12.0. The molecule has 0 saturated heterocycles. The van der Waals surface area contributed by atoms with E-state index in [0.717, 1.165) is 6.54 Å². The molecule has 0 aliphatic heterocycles. The standard InChI is InChI=1S/C16H22ClNO2/c1-12(20-15-9-5-8-14(17)10-15)16(19)18-11-13-6-3-2-4-7-13/h5,8-10,12-13H,2-4,6-7,11H2,1H3,(H,18,19)/t12-/m1/s1. The summed E-state index contributed by atoms with van der Waals surface area (Å²) in [5.41, 5.74) is 0. The Bertz CT molecular complexity index is 444. The molecule has 1 aliphatic carbocycles. The first-order valence-electron chi connectivity index (χ1n) is 7.35. The van der Waals surface area contributed by atoms with Gasteiger partial charge in [-0.15, -0.1) is 0 Å². The highest BCUT2D eigenvalue weighted by Gasteiger charge is 2.18. The van der Waals surface area contributed by atoms with E-state index in [2.05, 4.69) is 5.32 Å². The Hall–Kier alpha value is -1.22. The maximum absolute atomic E-state index is 12.0. The van der Waals surface area contributed by atoms with Gasteiger partial charge in [-0.05, 0) is 43.9 Å². The normalized spacial score (nSPS) is 17.5. The molecule has 3 nitrogen and oxygen atoms in total. The molecule has 1 aromatic rings. The molecule has 0 spiro atoms. The number of hydrogen-bond acceptors (Lipinski definition) is 2. The van der Waals surface area contributed by atoms with E-state index in [1.54, 1.807) is 25.1 Å². The van der Waals surface area contributed by atoms with Gasteiger partial charge in [0.1, 0.15) is 5.75 Å². The fourth-order valence-corrected chi connectivity index (χ4v) is 2.76. The Morgan fingerprint density at radius 1 is 1.40 bits per heavy atom. The number of benzene rings is 1. The molecule has 0 bridgehead atoms. The summed E-state index contributed by atoms with van der Waals surface area (Å²) in [5.74, 6) is 1.19. The van der Waals surface area contributed by atoms with Crippen molar-refractivity contribution in [2.24, 2.45) is 5.92 Å². The average Bonchev–Trinajstić information content (AvgIpc) is 2.46. The van der Waals surface area contributed by atoms with Crippen molar-refractivity contribution in [1.29, 1.82) is 0 Å². The molecule has 0 unspecified atom stereocenters. The van der Waals surface area contributed by atoms with Crippen LogP contribution < -0.4 is 10.1 Å². The maximum Gasteiger partial charge on any atom is 0.260 e. The van der Waals surface area contributed by atoms with Crippen LogP contribution >= 0.6 is 11.6 Å². The van der Waals surface area contributed by atoms with Gasteiger partial charge in [-0.3, -0.25) is 4.79 Å². The Kier molecular flexibility index (Phi) is 5.72. The van der Waals surface area contributed by atoms with E-state index >= 15 is 0 Å². The number of halogens is 1. The minimum Gasteiger partial charge on any atom is -0.481 e. The van der Waals surface area contributed by atoms with E-state index in [0.29, 0.717) is 16.7 Å². The third kappa shape index (κ3) is 4.71. The third-order valence-electron chi connectivity index (χ3n) is 3.77. The minimum atomic E-state index is -0.503. The number of hydrogen-bond donors (Lipinski definition) is 1. The minimum absolute atomic E-state index is 0.0597. The van der Waals surface area contributed by atoms with Crippen molar-refractivity contribution in [3.05, 3.63) is 29.3 Å². The molecule has 1 atom stereocenters. The Morgan fingerprint density at radius 2 is 2.15 bits per heavy atom. The van der Waals surface area contributed by atoms with Crippen molar-refractivity contribution in [2.75, 3.05) is 6.54 Å². The van der Waals surface area contributed by atoms with Crippen LogP contribution in [0, 0.1) is 5.92 Å². The van der Waals surface area contributed by atoms with Gasteiger partial charge in [0.05, 0.1) is 0 Å². The molecule has 0 heterocycles. The number of nitrogens with one attached hydrogen (secondary N) is 1. The molecule has 0 radical (unpaired) electrons. The van der Waals surface area contributed by atoms with Crippen LogP contribution in [-0.4, -0.2) is 18.6 Å². The molecule has 1 saturated carbocycles. The van der Waals surface area contributed by atoms with Gasteiger partial charge in [-0.2, -0.15) is 0 Å². The van der Waals surface area contributed by atoms with Crippen molar-refractivity contribution < 1.29 is 9.53 Å². The first-order chi connectivity index (χ1) is 9.65. The van der Waals surface area contributed by atoms with Crippen molar-refractivity contribution in [3.63, 3.8) is 0 Å². The lowest BCUT2D eigenvalue weighted by atomic mass is 9.89. The van der Waals surface area contributed by atoms with Crippen molar-refractivity contribution in [1.82, 2.24) is 5.32 Å². The third-order valence-corrected chi connectivity index (χ3v) is 4.00. The van der Waals surface area contributed by atoms with Gasteiger partial charge in [-0.1, -0.05) is 36.9 Å². The lowest BCUT2D eigenvalue weighted by Crippen LogP contribution is -2.39. The topological polar surface area (TPSA) is 38.3 Å². The summed E-state index contributed by atoms with van der Waals surface area (Å²) in [6.07, 6.45) is 5.85. The second-order valence-corrected chi connectivity index (χ2v) is 5.90. The van der Waals surface area contributed by atoms with Crippen LogP contribution in [0.5, 0.6) is 5.75 Å². The smallest absolute Gasteiger partial charge is 0.260 e. The lowest BCUT2D eigenvalue weighted by molar-refractivity contribution is -0.127. The second kappa shape index (κ2) is 7.53. The Balaban J connectivity index is 1.76. The summed E-state index contributed by atoms with van der Waals surface area (Å²) in [6.45, 7) is 2.53. The predicted molar refractivity (Wildman–Crippen MR) is 81.1 cm³/mol. The summed E-state index contributed by atoms with van der Waals surface area (Å²) in [7, 11) is 0. The van der Waals surface area contributed by atoms with Crippen LogP contribution in [0.15, 0.2) is 24.3 Å². The van der Waals surface area contributed by atoms with Crippen LogP contribution in [0.25, 0.3) is 0 Å². The van der Waals surface area contributed by atoms with E-state index < -0.39 is 6.10 Å². The van der Waals surface area contributed by atoms with Crippen LogP contribution in [0.2, 0.25) is 5.02 Å². The van der Waals surface area contributed by atoms with E-state index in [1.165, 1.54) is 32.1 Å². The molecular weight excluding hydrogens is 274 g/mol. The summed E-state index contributed by atoms with van der Waals surface area (Å²) >= 11 is 5.89. The molecule has 1 aromatic carbocycles. The molecule has 1 amide bonds. The van der Waals surface area contributed by atoms with Crippen molar-refractivity contribution in [2.45, 2.75) is 45.1 Å². The van der Waals surface area contributed by atoms with E-state index in [9.17, 15) is 4.79 Å². The SMILES string of the molecule is C[C@@H](Oc1cccc(Cl)c1)C(=O)NCC1CCCCC1.